The number of hydrazone groups is 1. The van der Waals surface area contributed by atoms with E-state index in [2.05, 4.69) is 10.4 Å². The van der Waals surface area contributed by atoms with Crippen LogP contribution in [-0.4, -0.2) is 33.9 Å². The van der Waals surface area contributed by atoms with Crippen molar-refractivity contribution in [2.75, 3.05) is 5.32 Å². The van der Waals surface area contributed by atoms with Gasteiger partial charge in [0.05, 0.1) is 4.92 Å². The van der Waals surface area contributed by atoms with Crippen LogP contribution in [0.5, 0.6) is 0 Å². The molecule has 9 nitrogen and oxygen atoms in total. The predicted octanol–water partition coefficient (Wildman–Crippen LogP) is 3.84. The van der Waals surface area contributed by atoms with Crippen LogP contribution in [0.3, 0.4) is 0 Å². The van der Waals surface area contributed by atoms with Crippen molar-refractivity contribution in [1.82, 2.24) is 5.01 Å². The van der Waals surface area contributed by atoms with E-state index in [1.807, 2.05) is 6.92 Å². The zero-order chi connectivity index (χ0) is 21.8. The van der Waals surface area contributed by atoms with Crippen molar-refractivity contribution < 1.29 is 19.2 Å². The molecule has 2 aromatic rings. The molecule has 1 aliphatic rings. The number of ether oxygens (including phenoxy) is 1. The van der Waals surface area contributed by atoms with Crippen LogP contribution in [-0.2, 0) is 14.3 Å². The number of carbonyl (C=O) groups is 2. The molecule has 0 bridgehead atoms. The molecule has 1 aliphatic heterocycles. The summed E-state index contributed by atoms with van der Waals surface area (Å²) in [5.74, 6) is -0.416. The normalized spacial score (nSPS) is 15.4. The molecule has 1 atom stereocenters. The molecule has 3 rings (SSSR count). The van der Waals surface area contributed by atoms with Gasteiger partial charge in [0.1, 0.15) is 0 Å². The summed E-state index contributed by atoms with van der Waals surface area (Å²) in [5, 5.41) is 19.5. The zero-order valence-electron chi connectivity index (χ0n) is 16.3. The van der Waals surface area contributed by atoms with Gasteiger partial charge in [0.25, 0.3) is 5.69 Å². The van der Waals surface area contributed by atoms with Gasteiger partial charge >= 0.3 is 0 Å². The quantitative estimate of drug-likeness (QED) is 0.552. The fourth-order valence-corrected chi connectivity index (χ4v) is 3.13. The molecule has 0 radical (unpaired) electrons. The second-order valence-electron chi connectivity index (χ2n) is 6.69. The van der Waals surface area contributed by atoms with Gasteiger partial charge in [-0.05, 0) is 42.8 Å². The number of aryl methyl sites for hydroxylation is 1. The molecule has 1 unspecified atom stereocenters. The average Bonchev–Trinajstić information content (AvgIpc) is 3.13. The van der Waals surface area contributed by atoms with Gasteiger partial charge in [-0.3, -0.25) is 19.7 Å². The van der Waals surface area contributed by atoms with E-state index in [0.717, 1.165) is 10.6 Å². The number of non-ortho nitro benzene ring substituents is 1. The molecular formula is C20H19ClN4O5. The van der Waals surface area contributed by atoms with Crippen LogP contribution in [0.2, 0.25) is 5.02 Å². The Bertz CT molecular complexity index is 1020. The lowest BCUT2D eigenvalue weighted by molar-refractivity contribution is -0.384. The smallest absolute Gasteiger partial charge is 0.269 e. The molecule has 0 spiro atoms. The Labute approximate surface area is 177 Å². The summed E-state index contributed by atoms with van der Waals surface area (Å²) in [4.78, 5) is 34.5. The van der Waals surface area contributed by atoms with E-state index >= 15 is 0 Å². The number of anilines is 1. The molecule has 2 aromatic carbocycles. The first-order valence-electron chi connectivity index (χ1n) is 9.10. The van der Waals surface area contributed by atoms with Crippen molar-refractivity contribution in [3.63, 3.8) is 0 Å². The highest BCUT2D eigenvalue weighted by Crippen LogP contribution is 2.24. The standard InChI is InChI=1S/C20H19ClN4O5/c1-12-11-15(21)5-8-17(12)22-18(27)9-10-19-24(13(2)26)23-20(30-19)14-3-6-16(7-4-14)25(28)29/h3-8,11,19H,9-10H2,1-2H3,(H,22,27). The van der Waals surface area contributed by atoms with E-state index in [1.54, 1.807) is 18.2 Å². The maximum Gasteiger partial charge on any atom is 0.269 e. The van der Waals surface area contributed by atoms with Crippen molar-refractivity contribution in [2.24, 2.45) is 5.10 Å². The third-order valence-electron chi connectivity index (χ3n) is 4.45. The minimum atomic E-state index is -0.746. The summed E-state index contributed by atoms with van der Waals surface area (Å²) in [5.41, 5.74) is 1.92. The van der Waals surface area contributed by atoms with Crippen molar-refractivity contribution in [2.45, 2.75) is 32.9 Å². The largest absolute Gasteiger partial charge is 0.450 e. The summed E-state index contributed by atoms with van der Waals surface area (Å²) in [6.07, 6.45) is -0.429. The average molecular weight is 431 g/mol. The number of rotatable bonds is 6. The van der Waals surface area contributed by atoms with Gasteiger partial charge in [-0.25, -0.2) is 0 Å². The minimum absolute atomic E-state index is 0.0634. The van der Waals surface area contributed by atoms with E-state index in [-0.39, 0.29) is 36.2 Å². The fraction of sp³-hybridized carbons (Fsp3) is 0.250. The van der Waals surface area contributed by atoms with Gasteiger partial charge in [-0.2, -0.15) is 5.01 Å². The second kappa shape index (κ2) is 8.91. The summed E-state index contributed by atoms with van der Waals surface area (Å²) in [6, 6.07) is 10.8. The number of nitrogens with zero attached hydrogens (tertiary/aromatic N) is 3. The Morgan fingerprint density at radius 2 is 1.97 bits per heavy atom. The third kappa shape index (κ3) is 4.93. The number of carbonyl (C=O) groups excluding carboxylic acids is 2. The molecule has 10 heteroatoms. The number of benzene rings is 2. The lowest BCUT2D eigenvalue weighted by atomic mass is 10.2. The Kier molecular flexibility index (Phi) is 6.31. The predicted molar refractivity (Wildman–Crippen MR) is 111 cm³/mol. The van der Waals surface area contributed by atoms with Crippen LogP contribution < -0.4 is 5.32 Å². The number of halogens is 1. The monoisotopic (exact) mass is 430 g/mol. The van der Waals surface area contributed by atoms with Crippen LogP contribution in [0.15, 0.2) is 47.6 Å². The second-order valence-corrected chi connectivity index (χ2v) is 7.13. The van der Waals surface area contributed by atoms with Crippen LogP contribution in [0, 0.1) is 17.0 Å². The van der Waals surface area contributed by atoms with E-state index in [1.165, 1.54) is 31.2 Å². The number of hydrogen-bond donors (Lipinski definition) is 1. The molecule has 0 saturated heterocycles. The van der Waals surface area contributed by atoms with Crippen LogP contribution in [0.4, 0.5) is 11.4 Å². The van der Waals surface area contributed by atoms with Crippen LogP contribution in [0.1, 0.15) is 30.9 Å². The van der Waals surface area contributed by atoms with Gasteiger partial charge in [-0.1, -0.05) is 11.6 Å². The van der Waals surface area contributed by atoms with E-state index in [0.29, 0.717) is 16.3 Å². The van der Waals surface area contributed by atoms with Crippen molar-refractivity contribution in [3.05, 3.63) is 68.7 Å². The van der Waals surface area contributed by atoms with Gasteiger partial charge in [0.2, 0.25) is 17.7 Å². The SMILES string of the molecule is CC(=O)N1N=C(c2ccc([N+](=O)[O-])cc2)OC1CCC(=O)Nc1ccc(Cl)cc1C. The Hall–Kier alpha value is -3.46. The third-order valence-corrected chi connectivity index (χ3v) is 4.68. The Balaban J connectivity index is 1.63. The lowest BCUT2D eigenvalue weighted by Crippen LogP contribution is -2.33. The van der Waals surface area contributed by atoms with Crippen LogP contribution >= 0.6 is 11.6 Å². The molecule has 0 aromatic heterocycles. The minimum Gasteiger partial charge on any atom is -0.450 e. The number of amides is 2. The molecular weight excluding hydrogens is 412 g/mol. The first-order chi connectivity index (χ1) is 14.2. The molecule has 0 saturated carbocycles. The molecule has 2 amide bonds. The number of nitro groups is 1. The summed E-state index contributed by atoms with van der Waals surface area (Å²) in [6.45, 7) is 3.18. The maximum absolute atomic E-state index is 12.3. The van der Waals surface area contributed by atoms with Gasteiger partial charge < -0.3 is 10.1 Å². The lowest BCUT2D eigenvalue weighted by Gasteiger charge is -2.18. The fourth-order valence-electron chi connectivity index (χ4n) is 2.91. The Morgan fingerprint density at radius 3 is 2.57 bits per heavy atom. The van der Waals surface area contributed by atoms with Crippen molar-refractivity contribution in [1.29, 1.82) is 0 Å². The van der Waals surface area contributed by atoms with E-state index in [9.17, 15) is 19.7 Å². The first kappa shape index (κ1) is 21.3. The molecule has 0 aliphatic carbocycles. The molecule has 30 heavy (non-hydrogen) atoms. The van der Waals surface area contributed by atoms with Gasteiger partial charge in [0, 0.05) is 48.2 Å². The topological polar surface area (TPSA) is 114 Å². The van der Waals surface area contributed by atoms with Crippen molar-refractivity contribution in [3.8, 4) is 0 Å². The summed E-state index contributed by atoms with van der Waals surface area (Å²) >= 11 is 5.92. The number of nitro benzene ring substituents is 1. The number of hydrogen-bond acceptors (Lipinski definition) is 6. The van der Waals surface area contributed by atoms with Crippen LogP contribution in [0.25, 0.3) is 0 Å². The van der Waals surface area contributed by atoms with E-state index in [4.69, 9.17) is 16.3 Å². The molecule has 1 heterocycles. The highest BCUT2D eigenvalue weighted by Gasteiger charge is 2.32. The zero-order valence-corrected chi connectivity index (χ0v) is 17.0. The first-order valence-corrected chi connectivity index (χ1v) is 9.48. The van der Waals surface area contributed by atoms with Gasteiger partial charge in [0.15, 0.2) is 6.23 Å². The van der Waals surface area contributed by atoms with Gasteiger partial charge in [-0.15, -0.1) is 5.10 Å². The summed E-state index contributed by atoms with van der Waals surface area (Å²) < 4.78 is 5.75. The highest BCUT2D eigenvalue weighted by molar-refractivity contribution is 6.30. The Morgan fingerprint density at radius 1 is 1.27 bits per heavy atom. The van der Waals surface area contributed by atoms with E-state index < -0.39 is 11.2 Å². The molecule has 1 N–H and O–H groups in total. The highest BCUT2D eigenvalue weighted by atomic mass is 35.5. The molecule has 0 fully saturated rings. The summed E-state index contributed by atoms with van der Waals surface area (Å²) in [7, 11) is 0. The molecule has 156 valence electrons. The maximum atomic E-state index is 12.3. The number of nitrogens with one attached hydrogen (secondary N) is 1. The van der Waals surface area contributed by atoms with Crippen molar-refractivity contribution >= 4 is 40.7 Å².